The van der Waals surface area contributed by atoms with Crippen LogP contribution in [0.15, 0.2) is 72.8 Å². The van der Waals surface area contributed by atoms with Crippen molar-refractivity contribution in [2.45, 2.75) is 32.0 Å². The average molecular weight is 433 g/mol. The van der Waals surface area contributed by atoms with E-state index in [1.165, 1.54) is 0 Å². The Labute approximate surface area is 187 Å². The van der Waals surface area contributed by atoms with Gasteiger partial charge in [-0.25, -0.2) is 0 Å². The van der Waals surface area contributed by atoms with Gasteiger partial charge in [0.2, 0.25) is 0 Å². The Balaban J connectivity index is 1.45. The molecule has 2 aliphatic heterocycles. The first-order chi connectivity index (χ1) is 15.1. The van der Waals surface area contributed by atoms with Crippen LogP contribution in [0.2, 0.25) is 0 Å². The van der Waals surface area contributed by atoms with Gasteiger partial charge in [0, 0.05) is 17.7 Å². The summed E-state index contributed by atoms with van der Waals surface area (Å²) in [5.41, 5.74) is 1.39. The summed E-state index contributed by atoms with van der Waals surface area (Å²) >= 11 is 5.76. The minimum absolute atomic E-state index is 0.0820. The molecule has 5 rings (SSSR count). The maximum absolute atomic E-state index is 6.58. The molecule has 0 radical (unpaired) electrons. The SMILES string of the molecule is CCOc1cccc2c1OC1(C)CC2NC(=S)N1c1ccc(Oc2ccccc2)cc1. The van der Waals surface area contributed by atoms with Crippen LogP contribution in [0.1, 0.15) is 31.9 Å². The molecule has 31 heavy (non-hydrogen) atoms. The molecule has 2 bridgehead atoms. The van der Waals surface area contributed by atoms with Crippen LogP contribution in [0.3, 0.4) is 0 Å². The third-order valence-corrected chi connectivity index (χ3v) is 5.94. The fourth-order valence-electron chi connectivity index (χ4n) is 4.31. The lowest BCUT2D eigenvalue weighted by Crippen LogP contribution is -2.65. The lowest BCUT2D eigenvalue weighted by molar-refractivity contribution is 0.0457. The molecule has 3 aromatic carbocycles. The Morgan fingerprint density at radius 3 is 2.52 bits per heavy atom. The van der Waals surface area contributed by atoms with Crippen molar-refractivity contribution < 1.29 is 14.2 Å². The first-order valence-corrected chi connectivity index (χ1v) is 10.9. The standard InChI is InChI=1S/C25H24N2O3S/c1-3-28-22-11-7-10-20-21-16-25(2,30-23(20)22)27(24(31)26-21)17-12-14-19(15-13-17)29-18-8-5-4-6-9-18/h4-15,21H,3,16H2,1-2H3,(H,26,31). The van der Waals surface area contributed by atoms with Crippen molar-refractivity contribution in [1.29, 1.82) is 0 Å². The van der Waals surface area contributed by atoms with Gasteiger partial charge in [0.1, 0.15) is 11.5 Å². The molecule has 2 heterocycles. The van der Waals surface area contributed by atoms with E-state index in [9.17, 15) is 0 Å². The molecule has 0 spiro atoms. The molecular formula is C25H24N2O3S. The minimum Gasteiger partial charge on any atom is -0.490 e. The Morgan fingerprint density at radius 2 is 1.77 bits per heavy atom. The van der Waals surface area contributed by atoms with Crippen LogP contribution in [0.5, 0.6) is 23.0 Å². The van der Waals surface area contributed by atoms with E-state index in [0.717, 1.165) is 40.7 Å². The number of rotatable bonds is 5. The number of benzene rings is 3. The second-order valence-electron chi connectivity index (χ2n) is 7.84. The zero-order chi connectivity index (χ0) is 21.4. The van der Waals surface area contributed by atoms with Gasteiger partial charge >= 0.3 is 0 Å². The van der Waals surface area contributed by atoms with Crippen molar-refractivity contribution in [3.63, 3.8) is 0 Å². The molecule has 1 N–H and O–H groups in total. The first-order valence-electron chi connectivity index (χ1n) is 10.5. The topological polar surface area (TPSA) is 43.0 Å². The van der Waals surface area contributed by atoms with Crippen molar-refractivity contribution in [2.75, 3.05) is 11.5 Å². The summed E-state index contributed by atoms with van der Waals surface area (Å²) in [7, 11) is 0. The lowest BCUT2D eigenvalue weighted by atomic mass is 9.90. The summed E-state index contributed by atoms with van der Waals surface area (Å²) in [6, 6.07) is 23.7. The number of hydrogen-bond acceptors (Lipinski definition) is 4. The predicted molar refractivity (Wildman–Crippen MR) is 125 cm³/mol. The van der Waals surface area contributed by atoms with Gasteiger partial charge in [0.15, 0.2) is 22.3 Å². The van der Waals surface area contributed by atoms with Crippen molar-refractivity contribution in [2.24, 2.45) is 0 Å². The summed E-state index contributed by atoms with van der Waals surface area (Å²) in [5, 5.41) is 4.13. The van der Waals surface area contributed by atoms with Gasteiger partial charge in [-0.1, -0.05) is 30.3 Å². The summed E-state index contributed by atoms with van der Waals surface area (Å²) in [5.74, 6) is 3.11. The lowest BCUT2D eigenvalue weighted by Gasteiger charge is -2.52. The van der Waals surface area contributed by atoms with Crippen LogP contribution >= 0.6 is 12.2 Å². The summed E-state index contributed by atoms with van der Waals surface area (Å²) in [4.78, 5) is 2.04. The molecule has 0 aliphatic carbocycles. The van der Waals surface area contributed by atoms with Crippen LogP contribution in [0.25, 0.3) is 0 Å². The summed E-state index contributed by atoms with van der Waals surface area (Å²) < 4.78 is 18.3. The van der Waals surface area contributed by atoms with E-state index in [-0.39, 0.29) is 6.04 Å². The van der Waals surface area contributed by atoms with E-state index >= 15 is 0 Å². The Hall–Kier alpha value is -3.25. The fourth-order valence-corrected chi connectivity index (χ4v) is 4.75. The zero-order valence-electron chi connectivity index (χ0n) is 17.5. The van der Waals surface area contributed by atoms with Crippen molar-refractivity contribution in [3.8, 4) is 23.0 Å². The highest BCUT2D eigenvalue weighted by molar-refractivity contribution is 7.80. The van der Waals surface area contributed by atoms with Crippen molar-refractivity contribution in [3.05, 3.63) is 78.4 Å². The minimum atomic E-state index is -0.630. The Bertz CT molecular complexity index is 1100. The number of ether oxygens (including phenoxy) is 3. The second-order valence-corrected chi connectivity index (χ2v) is 8.22. The van der Waals surface area contributed by atoms with E-state index < -0.39 is 5.72 Å². The van der Waals surface area contributed by atoms with Gasteiger partial charge < -0.3 is 19.5 Å². The Morgan fingerprint density at radius 1 is 1.03 bits per heavy atom. The van der Waals surface area contributed by atoms with Crippen LogP contribution < -0.4 is 24.4 Å². The molecule has 2 aliphatic rings. The molecular weight excluding hydrogens is 408 g/mol. The molecule has 1 saturated heterocycles. The van der Waals surface area contributed by atoms with Gasteiger partial charge in [-0.3, -0.25) is 4.90 Å². The zero-order valence-corrected chi connectivity index (χ0v) is 18.3. The average Bonchev–Trinajstić information content (AvgIpc) is 2.76. The number of nitrogens with zero attached hydrogens (tertiary/aromatic N) is 1. The molecule has 3 aromatic rings. The van der Waals surface area contributed by atoms with Crippen LogP contribution in [0, 0.1) is 0 Å². The van der Waals surface area contributed by atoms with Gasteiger partial charge in [-0.05, 0) is 68.5 Å². The predicted octanol–water partition coefficient (Wildman–Crippen LogP) is 5.81. The molecule has 0 aromatic heterocycles. The van der Waals surface area contributed by atoms with Crippen molar-refractivity contribution >= 4 is 23.0 Å². The van der Waals surface area contributed by atoms with Crippen LogP contribution in [0.4, 0.5) is 5.69 Å². The van der Waals surface area contributed by atoms with Gasteiger partial charge in [-0.2, -0.15) is 0 Å². The number of nitrogens with one attached hydrogen (secondary N) is 1. The highest BCUT2D eigenvalue weighted by Gasteiger charge is 2.49. The first kappa shape index (κ1) is 19.7. The molecule has 5 nitrogen and oxygen atoms in total. The monoisotopic (exact) mass is 432 g/mol. The van der Waals surface area contributed by atoms with Crippen LogP contribution in [-0.2, 0) is 0 Å². The van der Waals surface area contributed by atoms with Gasteiger partial charge in [0.05, 0.1) is 12.6 Å². The Kier molecular flexibility index (Phi) is 4.94. The number of hydrogen-bond donors (Lipinski definition) is 1. The van der Waals surface area contributed by atoms with E-state index in [0.29, 0.717) is 11.7 Å². The fraction of sp³-hybridized carbons (Fsp3) is 0.240. The normalized spacial score (nSPS) is 21.5. The maximum atomic E-state index is 6.58. The third kappa shape index (κ3) is 3.57. The number of fused-ring (bicyclic) bond motifs is 4. The quantitative estimate of drug-likeness (QED) is 0.513. The van der Waals surface area contributed by atoms with E-state index in [4.69, 9.17) is 26.4 Å². The molecule has 6 heteroatoms. The molecule has 158 valence electrons. The summed E-state index contributed by atoms with van der Waals surface area (Å²) in [6.07, 6.45) is 0.762. The number of para-hydroxylation sites is 2. The van der Waals surface area contributed by atoms with Crippen LogP contribution in [-0.4, -0.2) is 17.4 Å². The highest BCUT2D eigenvalue weighted by Crippen LogP contribution is 2.49. The second kappa shape index (κ2) is 7.78. The smallest absolute Gasteiger partial charge is 0.188 e. The van der Waals surface area contributed by atoms with E-state index in [2.05, 4.69) is 18.3 Å². The maximum Gasteiger partial charge on any atom is 0.188 e. The highest BCUT2D eigenvalue weighted by atomic mass is 32.1. The van der Waals surface area contributed by atoms with Gasteiger partial charge in [0.25, 0.3) is 0 Å². The van der Waals surface area contributed by atoms with Gasteiger partial charge in [-0.15, -0.1) is 0 Å². The van der Waals surface area contributed by atoms with Crippen molar-refractivity contribution in [1.82, 2.24) is 5.32 Å². The molecule has 2 unspecified atom stereocenters. The number of anilines is 1. The van der Waals surface area contributed by atoms with E-state index in [1.54, 1.807) is 0 Å². The van der Waals surface area contributed by atoms with E-state index in [1.807, 2.05) is 78.6 Å². The molecule has 0 amide bonds. The summed E-state index contributed by atoms with van der Waals surface area (Å²) in [6.45, 7) is 4.64. The molecule has 0 saturated carbocycles. The number of thiocarbonyl (C=S) groups is 1. The molecule has 2 atom stereocenters. The third-order valence-electron chi connectivity index (χ3n) is 5.64. The largest absolute Gasteiger partial charge is 0.490 e. The molecule has 1 fully saturated rings.